The molecule has 2 N–H and O–H groups in total. The number of guanidine groups is 1. The fourth-order valence-electron chi connectivity index (χ4n) is 1.64. The standard InChI is InChI=1S/C14H22ClN3O/c1-16-14(18-10-11-19-2)17-9-3-4-12-5-7-13(15)8-6-12/h5-8H,3-4,9-11H2,1-2H3,(H2,16,17,18). The summed E-state index contributed by atoms with van der Waals surface area (Å²) in [4.78, 5) is 4.14. The van der Waals surface area contributed by atoms with E-state index in [0.29, 0.717) is 6.61 Å². The first kappa shape index (κ1) is 15.8. The number of benzene rings is 1. The van der Waals surface area contributed by atoms with Crippen LogP contribution < -0.4 is 10.6 Å². The lowest BCUT2D eigenvalue weighted by molar-refractivity contribution is 0.203. The van der Waals surface area contributed by atoms with Crippen LogP contribution in [0.4, 0.5) is 0 Å². The van der Waals surface area contributed by atoms with Crippen molar-refractivity contribution in [3.63, 3.8) is 0 Å². The third-order valence-corrected chi connectivity index (χ3v) is 2.92. The molecule has 0 aliphatic heterocycles. The van der Waals surface area contributed by atoms with Crippen molar-refractivity contribution in [1.82, 2.24) is 10.6 Å². The van der Waals surface area contributed by atoms with Crippen molar-refractivity contribution in [2.75, 3.05) is 33.9 Å². The Kier molecular flexibility index (Phi) is 8.02. The van der Waals surface area contributed by atoms with Crippen LogP contribution in [0.3, 0.4) is 0 Å². The molecule has 0 fully saturated rings. The lowest BCUT2D eigenvalue weighted by Crippen LogP contribution is -2.39. The molecule has 0 radical (unpaired) electrons. The summed E-state index contributed by atoms with van der Waals surface area (Å²) in [6, 6.07) is 7.98. The van der Waals surface area contributed by atoms with Gasteiger partial charge in [-0.1, -0.05) is 23.7 Å². The van der Waals surface area contributed by atoms with Crippen molar-refractivity contribution >= 4 is 17.6 Å². The summed E-state index contributed by atoms with van der Waals surface area (Å²) >= 11 is 5.85. The quantitative estimate of drug-likeness (QED) is 0.458. The molecule has 0 saturated carbocycles. The smallest absolute Gasteiger partial charge is 0.191 e. The highest BCUT2D eigenvalue weighted by Crippen LogP contribution is 2.10. The predicted octanol–water partition coefficient (Wildman–Crippen LogP) is 2.08. The van der Waals surface area contributed by atoms with Gasteiger partial charge in [-0.3, -0.25) is 4.99 Å². The van der Waals surface area contributed by atoms with E-state index in [4.69, 9.17) is 16.3 Å². The van der Waals surface area contributed by atoms with Crippen molar-refractivity contribution in [1.29, 1.82) is 0 Å². The highest BCUT2D eigenvalue weighted by Gasteiger charge is 1.97. The van der Waals surface area contributed by atoms with Crippen molar-refractivity contribution in [3.8, 4) is 0 Å². The van der Waals surface area contributed by atoms with Crippen LogP contribution in [-0.4, -0.2) is 39.8 Å². The Morgan fingerprint density at radius 3 is 2.53 bits per heavy atom. The number of hydrogen-bond donors (Lipinski definition) is 2. The average molecular weight is 284 g/mol. The zero-order chi connectivity index (χ0) is 13.9. The second-order valence-electron chi connectivity index (χ2n) is 4.15. The molecule has 0 unspecified atom stereocenters. The first-order valence-electron chi connectivity index (χ1n) is 6.44. The minimum Gasteiger partial charge on any atom is -0.383 e. The summed E-state index contributed by atoms with van der Waals surface area (Å²) in [5, 5.41) is 7.22. The maximum Gasteiger partial charge on any atom is 0.191 e. The minimum absolute atomic E-state index is 0.672. The van der Waals surface area contributed by atoms with Crippen LogP contribution in [0.2, 0.25) is 5.02 Å². The molecular weight excluding hydrogens is 262 g/mol. The summed E-state index contributed by atoms with van der Waals surface area (Å²) in [7, 11) is 3.45. The van der Waals surface area contributed by atoms with Crippen LogP contribution in [0.15, 0.2) is 29.3 Å². The molecule has 0 bridgehead atoms. The van der Waals surface area contributed by atoms with Gasteiger partial charge in [-0.05, 0) is 30.5 Å². The summed E-state index contributed by atoms with van der Waals surface area (Å²) in [5.74, 6) is 0.813. The summed E-state index contributed by atoms with van der Waals surface area (Å²) < 4.78 is 4.97. The molecule has 0 heterocycles. The second kappa shape index (κ2) is 9.64. The average Bonchev–Trinajstić information content (AvgIpc) is 2.43. The molecule has 0 aliphatic carbocycles. The van der Waals surface area contributed by atoms with E-state index in [2.05, 4.69) is 27.8 Å². The molecule has 0 spiro atoms. The van der Waals surface area contributed by atoms with Crippen LogP contribution in [0.25, 0.3) is 0 Å². The van der Waals surface area contributed by atoms with E-state index >= 15 is 0 Å². The molecule has 106 valence electrons. The second-order valence-corrected chi connectivity index (χ2v) is 4.59. The molecule has 0 aliphatic rings. The van der Waals surface area contributed by atoms with Crippen LogP contribution >= 0.6 is 11.6 Å². The molecule has 1 rings (SSSR count). The van der Waals surface area contributed by atoms with E-state index in [0.717, 1.165) is 36.9 Å². The number of methoxy groups -OCH3 is 1. The van der Waals surface area contributed by atoms with Gasteiger partial charge in [-0.15, -0.1) is 0 Å². The van der Waals surface area contributed by atoms with E-state index in [1.807, 2.05) is 12.1 Å². The minimum atomic E-state index is 0.672. The van der Waals surface area contributed by atoms with Gasteiger partial charge in [-0.25, -0.2) is 0 Å². The third-order valence-electron chi connectivity index (χ3n) is 2.67. The molecule has 5 heteroatoms. The summed E-state index contributed by atoms with van der Waals surface area (Å²) in [6.45, 7) is 2.31. The Morgan fingerprint density at radius 1 is 1.21 bits per heavy atom. The Labute approximate surface area is 120 Å². The SMILES string of the molecule is CN=C(NCCCc1ccc(Cl)cc1)NCCOC. The number of aryl methyl sites for hydroxylation is 1. The number of hydrogen-bond acceptors (Lipinski definition) is 2. The predicted molar refractivity (Wildman–Crippen MR) is 81.0 cm³/mol. The first-order chi connectivity index (χ1) is 9.26. The van der Waals surface area contributed by atoms with Gasteiger partial charge in [0.1, 0.15) is 0 Å². The molecule has 1 aromatic carbocycles. The van der Waals surface area contributed by atoms with Gasteiger partial charge in [0.15, 0.2) is 5.96 Å². The highest BCUT2D eigenvalue weighted by atomic mass is 35.5. The first-order valence-corrected chi connectivity index (χ1v) is 6.82. The topological polar surface area (TPSA) is 45.7 Å². The Balaban J connectivity index is 2.16. The highest BCUT2D eigenvalue weighted by molar-refractivity contribution is 6.30. The summed E-state index contributed by atoms with van der Waals surface area (Å²) in [5.41, 5.74) is 1.30. The van der Waals surface area contributed by atoms with Gasteiger partial charge >= 0.3 is 0 Å². The van der Waals surface area contributed by atoms with Crippen LogP contribution in [0, 0.1) is 0 Å². The lowest BCUT2D eigenvalue weighted by atomic mass is 10.1. The maximum atomic E-state index is 5.85. The zero-order valence-electron chi connectivity index (χ0n) is 11.6. The Hall–Kier alpha value is -1.26. The van der Waals surface area contributed by atoms with Gasteiger partial charge in [0.2, 0.25) is 0 Å². The van der Waals surface area contributed by atoms with E-state index in [1.54, 1.807) is 14.2 Å². The monoisotopic (exact) mass is 283 g/mol. The lowest BCUT2D eigenvalue weighted by Gasteiger charge is -2.11. The number of ether oxygens (including phenoxy) is 1. The van der Waals surface area contributed by atoms with E-state index < -0.39 is 0 Å². The molecule has 1 aromatic rings. The van der Waals surface area contributed by atoms with Gasteiger partial charge in [0.25, 0.3) is 0 Å². The summed E-state index contributed by atoms with van der Waals surface area (Å²) in [6.07, 6.45) is 2.08. The number of rotatable bonds is 7. The molecule has 0 amide bonds. The number of aliphatic imine (C=N–C) groups is 1. The third kappa shape index (κ3) is 7.03. The normalized spacial score (nSPS) is 11.4. The largest absolute Gasteiger partial charge is 0.383 e. The fourth-order valence-corrected chi connectivity index (χ4v) is 1.77. The van der Waals surface area contributed by atoms with E-state index in [1.165, 1.54) is 5.56 Å². The van der Waals surface area contributed by atoms with Gasteiger partial charge in [0.05, 0.1) is 6.61 Å². The molecule has 0 saturated heterocycles. The zero-order valence-corrected chi connectivity index (χ0v) is 12.3. The van der Waals surface area contributed by atoms with E-state index in [9.17, 15) is 0 Å². The fraction of sp³-hybridized carbons (Fsp3) is 0.500. The molecule has 19 heavy (non-hydrogen) atoms. The van der Waals surface area contributed by atoms with Crippen LogP contribution in [0.1, 0.15) is 12.0 Å². The van der Waals surface area contributed by atoms with Crippen molar-refractivity contribution in [3.05, 3.63) is 34.9 Å². The number of nitrogens with one attached hydrogen (secondary N) is 2. The Morgan fingerprint density at radius 2 is 1.89 bits per heavy atom. The molecule has 4 nitrogen and oxygen atoms in total. The van der Waals surface area contributed by atoms with Crippen LogP contribution in [0.5, 0.6) is 0 Å². The van der Waals surface area contributed by atoms with E-state index in [-0.39, 0.29) is 0 Å². The molecule has 0 aromatic heterocycles. The maximum absolute atomic E-state index is 5.85. The number of halogens is 1. The number of nitrogens with zero attached hydrogens (tertiary/aromatic N) is 1. The van der Waals surface area contributed by atoms with Gasteiger partial charge in [0, 0.05) is 32.3 Å². The van der Waals surface area contributed by atoms with Crippen LogP contribution in [-0.2, 0) is 11.2 Å². The Bertz CT molecular complexity index is 379. The van der Waals surface area contributed by atoms with Gasteiger partial charge < -0.3 is 15.4 Å². The van der Waals surface area contributed by atoms with Crippen molar-refractivity contribution < 1.29 is 4.74 Å². The molecular formula is C14H22ClN3O. The molecule has 0 atom stereocenters. The van der Waals surface area contributed by atoms with Gasteiger partial charge in [-0.2, -0.15) is 0 Å². The van der Waals surface area contributed by atoms with Crippen molar-refractivity contribution in [2.45, 2.75) is 12.8 Å². The van der Waals surface area contributed by atoms with Crippen molar-refractivity contribution in [2.24, 2.45) is 4.99 Å².